The molecule has 0 aliphatic rings. The Labute approximate surface area is 205 Å². The van der Waals surface area contributed by atoms with Gasteiger partial charge in [-0.05, 0) is 68.4 Å². The van der Waals surface area contributed by atoms with Crippen molar-refractivity contribution in [1.29, 1.82) is 0 Å². The molecule has 12 heteroatoms. The van der Waals surface area contributed by atoms with Crippen molar-refractivity contribution >= 4 is 23.4 Å². The first-order chi connectivity index (χ1) is 16.8. The number of rotatable bonds is 6. The second-order valence-electron chi connectivity index (χ2n) is 6.66. The maximum Gasteiger partial charge on any atom is 0.335 e. The summed E-state index contributed by atoms with van der Waals surface area (Å²) in [6.07, 6.45) is 3.46. The predicted molar refractivity (Wildman–Crippen MR) is 136 cm³/mol. The van der Waals surface area contributed by atoms with Crippen LogP contribution in [0.15, 0.2) is 67.0 Å². The van der Waals surface area contributed by atoms with Gasteiger partial charge in [-0.25, -0.2) is 21.3 Å². The standard InChI is InChI=1S/2C10H15N3O2.C3H4N2/c2*1-3-13(11)10(14)12-8-4-6-9(15-2)7-5-8;1-2-4-5-3-1/h2*4-7H,3,11H2,1-2H3,(H,12,14);1-3H,(H,4,5). The summed E-state index contributed by atoms with van der Waals surface area (Å²) in [6.45, 7) is 4.52. The van der Waals surface area contributed by atoms with Gasteiger partial charge in [0.25, 0.3) is 0 Å². The summed E-state index contributed by atoms with van der Waals surface area (Å²) >= 11 is 0. The number of nitrogens with two attached hydrogens (primary N) is 2. The number of amides is 4. The Kier molecular flexibility index (Phi) is 13.4. The average Bonchev–Trinajstić information content (AvgIpc) is 3.49. The fraction of sp³-hybridized carbons (Fsp3) is 0.261. The van der Waals surface area contributed by atoms with E-state index in [9.17, 15) is 9.59 Å². The predicted octanol–water partition coefficient (Wildman–Crippen LogP) is 3.26. The third-order valence-electron chi connectivity index (χ3n) is 4.29. The molecule has 4 amide bonds. The van der Waals surface area contributed by atoms with Gasteiger partial charge in [0.1, 0.15) is 11.5 Å². The van der Waals surface area contributed by atoms with Crippen molar-refractivity contribution in [1.82, 2.24) is 20.2 Å². The molecule has 0 spiro atoms. The molecule has 1 aromatic heterocycles. The number of carbonyl (C=O) groups excluding carboxylic acids is 2. The number of benzene rings is 2. The van der Waals surface area contributed by atoms with Crippen LogP contribution in [0.3, 0.4) is 0 Å². The Morgan fingerprint density at radius 3 is 1.46 bits per heavy atom. The van der Waals surface area contributed by atoms with Crippen molar-refractivity contribution in [2.45, 2.75) is 13.8 Å². The molecule has 12 nitrogen and oxygen atoms in total. The fourth-order valence-corrected chi connectivity index (χ4v) is 2.24. The second kappa shape index (κ2) is 16.3. The van der Waals surface area contributed by atoms with E-state index in [1.54, 1.807) is 89.0 Å². The van der Waals surface area contributed by atoms with Gasteiger partial charge >= 0.3 is 12.1 Å². The number of hydrogen-bond acceptors (Lipinski definition) is 7. The number of hydrazine groups is 2. The van der Waals surface area contributed by atoms with E-state index in [-0.39, 0.29) is 12.1 Å². The molecule has 35 heavy (non-hydrogen) atoms. The molecule has 3 aromatic rings. The maximum atomic E-state index is 11.4. The molecule has 3 rings (SSSR count). The molecule has 0 unspecified atom stereocenters. The lowest BCUT2D eigenvalue weighted by molar-refractivity contribution is 0.215. The van der Waals surface area contributed by atoms with E-state index >= 15 is 0 Å². The van der Waals surface area contributed by atoms with Crippen molar-refractivity contribution in [3.63, 3.8) is 0 Å². The number of hydrogen-bond donors (Lipinski definition) is 5. The summed E-state index contributed by atoms with van der Waals surface area (Å²) < 4.78 is 9.99. The number of aromatic amines is 1. The highest BCUT2D eigenvalue weighted by Gasteiger charge is 2.07. The van der Waals surface area contributed by atoms with Crippen molar-refractivity contribution in [3.05, 3.63) is 67.0 Å². The molecule has 0 saturated carbocycles. The summed E-state index contributed by atoms with van der Waals surface area (Å²) in [6, 6.07) is 15.2. The van der Waals surface area contributed by atoms with Crippen LogP contribution >= 0.6 is 0 Å². The van der Waals surface area contributed by atoms with Gasteiger partial charge in [-0.3, -0.25) is 15.1 Å². The van der Waals surface area contributed by atoms with Crippen molar-refractivity contribution < 1.29 is 19.1 Å². The Hall–Kier alpha value is -4.29. The van der Waals surface area contributed by atoms with E-state index in [1.807, 2.05) is 6.07 Å². The number of nitrogens with one attached hydrogen (secondary N) is 3. The number of carbonyl (C=O) groups is 2. The summed E-state index contributed by atoms with van der Waals surface area (Å²) in [5, 5.41) is 13.7. The highest BCUT2D eigenvalue weighted by Crippen LogP contribution is 2.15. The minimum Gasteiger partial charge on any atom is -0.497 e. The number of methoxy groups -OCH3 is 2. The number of H-pyrrole nitrogens is 1. The molecule has 0 fully saturated rings. The van der Waals surface area contributed by atoms with E-state index in [4.69, 9.17) is 21.2 Å². The first kappa shape index (κ1) is 28.7. The minimum absolute atomic E-state index is 0.331. The zero-order chi connectivity index (χ0) is 26.1. The minimum atomic E-state index is -0.331. The van der Waals surface area contributed by atoms with Crippen LogP contribution in [0.5, 0.6) is 11.5 Å². The lowest BCUT2D eigenvalue weighted by Crippen LogP contribution is -2.40. The topological polar surface area (TPSA) is 164 Å². The van der Waals surface area contributed by atoms with Crippen LogP contribution in [0.4, 0.5) is 21.0 Å². The molecule has 0 aliphatic carbocycles. The van der Waals surface area contributed by atoms with Crippen molar-refractivity contribution in [3.8, 4) is 11.5 Å². The van der Waals surface area contributed by atoms with Gasteiger partial charge in [0, 0.05) is 36.9 Å². The molecule has 0 radical (unpaired) electrons. The monoisotopic (exact) mass is 486 g/mol. The van der Waals surface area contributed by atoms with E-state index in [1.165, 1.54) is 0 Å². The Morgan fingerprint density at radius 1 is 0.829 bits per heavy atom. The largest absolute Gasteiger partial charge is 0.497 e. The molecule has 7 N–H and O–H groups in total. The number of ether oxygens (including phenoxy) is 2. The van der Waals surface area contributed by atoms with Gasteiger partial charge < -0.3 is 20.1 Å². The molecule has 0 atom stereocenters. The molecule has 0 aliphatic heterocycles. The zero-order valence-corrected chi connectivity index (χ0v) is 20.4. The molecular weight excluding hydrogens is 452 g/mol. The summed E-state index contributed by atoms with van der Waals surface area (Å²) in [5.74, 6) is 12.3. The SMILES string of the molecule is CCN(N)C(=O)Nc1ccc(OC)cc1.CCN(N)C(=O)Nc1ccc(OC)cc1.c1cn[nH]c1. The van der Waals surface area contributed by atoms with Crippen LogP contribution in [0.2, 0.25) is 0 Å². The van der Waals surface area contributed by atoms with Gasteiger partial charge in [0.05, 0.1) is 14.2 Å². The van der Waals surface area contributed by atoms with Crippen LogP contribution in [0.25, 0.3) is 0 Å². The van der Waals surface area contributed by atoms with Crippen molar-refractivity contribution in [2.24, 2.45) is 11.7 Å². The van der Waals surface area contributed by atoms with Crippen LogP contribution in [-0.4, -0.2) is 59.6 Å². The van der Waals surface area contributed by atoms with Crippen LogP contribution in [0, 0.1) is 0 Å². The van der Waals surface area contributed by atoms with E-state index in [0.717, 1.165) is 21.5 Å². The summed E-state index contributed by atoms with van der Waals surface area (Å²) in [7, 11) is 3.18. The highest BCUT2D eigenvalue weighted by atomic mass is 16.5. The normalized spacial score (nSPS) is 9.31. The number of nitrogens with zero attached hydrogens (tertiary/aromatic N) is 3. The average molecular weight is 487 g/mol. The Balaban J connectivity index is 0.000000292. The first-order valence-electron chi connectivity index (χ1n) is 10.7. The molecular formula is C23H34N8O4. The van der Waals surface area contributed by atoms with Crippen molar-refractivity contribution in [2.75, 3.05) is 37.9 Å². The third-order valence-corrected chi connectivity index (χ3v) is 4.29. The fourth-order valence-electron chi connectivity index (χ4n) is 2.24. The van der Waals surface area contributed by atoms with Crippen LogP contribution < -0.4 is 31.8 Å². The van der Waals surface area contributed by atoms with E-state index in [0.29, 0.717) is 24.5 Å². The lowest BCUT2D eigenvalue weighted by atomic mass is 10.3. The zero-order valence-electron chi connectivity index (χ0n) is 20.4. The summed E-state index contributed by atoms with van der Waals surface area (Å²) in [5.41, 5.74) is 1.37. The van der Waals surface area contributed by atoms with E-state index in [2.05, 4.69) is 20.8 Å². The quantitative estimate of drug-likeness (QED) is 0.203. The number of urea groups is 2. The maximum absolute atomic E-state index is 11.4. The van der Waals surface area contributed by atoms with Gasteiger partial charge in [0.2, 0.25) is 0 Å². The highest BCUT2D eigenvalue weighted by molar-refractivity contribution is 5.89. The number of anilines is 2. The van der Waals surface area contributed by atoms with Crippen LogP contribution in [0.1, 0.15) is 13.8 Å². The van der Waals surface area contributed by atoms with Gasteiger partial charge in [-0.1, -0.05) is 0 Å². The smallest absolute Gasteiger partial charge is 0.335 e. The molecule has 2 aromatic carbocycles. The third kappa shape index (κ3) is 11.4. The Morgan fingerprint density at radius 2 is 1.23 bits per heavy atom. The molecule has 190 valence electrons. The molecule has 1 heterocycles. The molecule has 0 saturated heterocycles. The van der Waals surface area contributed by atoms with E-state index < -0.39 is 0 Å². The number of aromatic nitrogens is 2. The summed E-state index contributed by atoms with van der Waals surface area (Å²) in [4.78, 5) is 22.7. The lowest BCUT2D eigenvalue weighted by Gasteiger charge is -2.14. The van der Waals surface area contributed by atoms with Crippen LogP contribution in [-0.2, 0) is 0 Å². The Bertz CT molecular complexity index is 881. The molecule has 0 bridgehead atoms. The van der Waals surface area contributed by atoms with Gasteiger partial charge in [-0.2, -0.15) is 5.10 Å². The van der Waals surface area contributed by atoms with Gasteiger partial charge in [-0.15, -0.1) is 0 Å². The van der Waals surface area contributed by atoms with Gasteiger partial charge in [0.15, 0.2) is 0 Å². The second-order valence-corrected chi connectivity index (χ2v) is 6.66. The first-order valence-corrected chi connectivity index (χ1v) is 10.7.